The smallest absolute Gasteiger partial charge is 0.293 e. The fraction of sp³-hybridized carbons (Fsp3) is 0.304. The predicted octanol–water partition coefficient (Wildman–Crippen LogP) is 5.48. The molecule has 9 heteroatoms. The number of hydrogen-bond acceptors (Lipinski definition) is 6. The topological polar surface area (TPSA) is 65.1 Å². The van der Waals surface area contributed by atoms with E-state index in [0.717, 1.165) is 26.5 Å². The fourth-order valence-electron chi connectivity index (χ4n) is 3.02. The van der Waals surface area contributed by atoms with Crippen LogP contribution in [0.5, 0.6) is 11.5 Å². The van der Waals surface area contributed by atoms with E-state index in [0.29, 0.717) is 42.6 Å². The van der Waals surface area contributed by atoms with Gasteiger partial charge >= 0.3 is 0 Å². The van der Waals surface area contributed by atoms with E-state index in [9.17, 15) is 14.0 Å². The molecular formula is C23H23FINO5S. The third kappa shape index (κ3) is 6.23. The second kappa shape index (κ2) is 11.7. The molecule has 0 aliphatic carbocycles. The monoisotopic (exact) mass is 571 g/mol. The molecule has 2 amide bonds. The number of benzene rings is 2. The van der Waals surface area contributed by atoms with Crippen LogP contribution < -0.4 is 9.47 Å². The highest BCUT2D eigenvalue weighted by molar-refractivity contribution is 14.1. The van der Waals surface area contributed by atoms with Crippen LogP contribution in [0.2, 0.25) is 0 Å². The Kier molecular flexibility index (Phi) is 8.94. The van der Waals surface area contributed by atoms with E-state index in [4.69, 9.17) is 14.2 Å². The van der Waals surface area contributed by atoms with Gasteiger partial charge < -0.3 is 14.2 Å². The lowest BCUT2D eigenvalue weighted by molar-refractivity contribution is -0.122. The molecular weight excluding hydrogens is 548 g/mol. The van der Waals surface area contributed by atoms with Crippen LogP contribution in [-0.2, 0) is 16.1 Å². The average Bonchev–Trinajstić information content (AvgIpc) is 3.02. The van der Waals surface area contributed by atoms with Crippen LogP contribution in [0.15, 0.2) is 41.3 Å². The summed E-state index contributed by atoms with van der Waals surface area (Å²) < 4.78 is 30.6. The highest BCUT2D eigenvalue weighted by atomic mass is 127. The number of carbonyl (C=O) groups is 2. The molecule has 0 spiro atoms. The van der Waals surface area contributed by atoms with Gasteiger partial charge in [0.1, 0.15) is 12.4 Å². The number of thioether (sulfide) groups is 1. The summed E-state index contributed by atoms with van der Waals surface area (Å²) in [4.78, 5) is 26.5. The Labute approximate surface area is 204 Å². The van der Waals surface area contributed by atoms with Gasteiger partial charge in [0, 0.05) is 20.3 Å². The standard InChI is InChI=1S/C23H23FINO5S/c1-3-30-19-12-16(13-20-22(27)26(23(28)32-20)9-4-10-29-2)11-18(25)21(19)31-14-15-5-7-17(24)8-6-15/h5-8,11-13H,3-4,9-10,14H2,1-2H3/b20-13+. The van der Waals surface area contributed by atoms with Crippen molar-refractivity contribution in [3.05, 3.63) is 61.8 Å². The number of ether oxygens (including phenoxy) is 3. The average molecular weight is 571 g/mol. The lowest BCUT2D eigenvalue weighted by Gasteiger charge is -2.15. The zero-order chi connectivity index (χ0) is 23.1. The highest BCUT2D eigenvalue weighted by Gasteiger charge is 2.34. The van der Waals surface area contributed by atoms with Crippen molar-refractivity contribution in [2.24, 2.45) is 0 Å². The molecule has 1 aliphatic heterocycles. The SMILES string of the molecule is CCOc1cc(/C=C2/SC(=O)N(CCCOC)C2=O)cc(I)c1OCc1ccc(F)cc1. The summed E-state index contributed by atoms with van der Waals surface area (Å²) in [6.45, 7) is 3.37. The number of rotatable bonds is 10. The maximum Gasteiger partial charge on any atom is 0.293 e. The minimum atomic E-state index is -0.305. The normalized spacial score (nSPS) is 15.0. The molecule has 1 aliphatic rings. The summed E-state index contributed by atoms with van der Waals surface area (Å²) in [6.07, 6.45) is 2.28. The molecule has 0 radical (unpaired) electrons. The van der Waals surface area contributed by atoms with E-state index in [2.05, 4.69) is 22.6 Å². The highest BCUT2D eigenvalue weighted by Crippen LogP contribution is 2.38. The molecule has 1 saturated heterocycles. The lowest BCUT2D eigenvalue weighted by atomic mass is 10.1. The van der Waals surface area contributed by atoms with E-state index in [1.165, 1.54) is 17.0 Å². The first kappa shape index (κ1) is 24.5. The Morgan fingerprint density at radius 1 is 1.16 bits per heavy atom. The molecule has 0 N–H and O–H groups in total. The summed E-state index contributed by atoms with van der Waals surface area (Å²) in [5, 5.41) is -0.281. The predicted molar refractivity (Wildman–Crippen MR) is 130 cm³/mol. The van der Waals surface area contributed by atoms with Gasteiger partial charge in [0.25, 0.3) is 11.1 Å². The Morgan fingerprint density at radius 2 is 1.91 bits per heavy atom. The fourth-order valence-corrected chi connectivity index (χ4v) is 4.67. The molecule has 0 atom stereocenters. The second-order valence-electron chi connectivity index (χ2n) is 6.86. The first-order valence-corrected chi connectivity index (χ1v) is 11.9. The molecule has 32 heavy (non-hydrogen) atoms. The summed E-state index contributed by atoms with van der Waals surface area (Å²) in [6, 6.07) is 9.75. The largest absolute Gasteiger partial charge is 0.490 e. The van der Waals surface area contributed by atoms with Gasteiger partial charge in [0.15, 0.2) is 11.5 Å². The third-order valence-corrected chi connectivity index (χ3v) is 6.24. The third-order valence-electron chi connectivity index (χ3n) is 4.53. The molecule has 6 nitrogen and oxygen atoms in total. The van der Waals surface area contributed by atoms with Gasteiger partial charge in [-0.15, -0.1) is 0 Å². The van der Waals surface area contributed by atoms with Gasteiger partial charge in [-0.1, -0.05) is 12.1 Å². The Morgan fingerprint density at radius 3 is 2.59 bits per heavy atom. The van der Waals surface area contributed by atoms with Crippen molar-refractivity contribution >= 4 is 51.6 Å². The summed E-state index contributed by atoms with van der Waals surface area (Å²) in [5.41, 5.74) is 1.56. The molecule has 170 valence electrons. The van der Waals surface area contributed by atoms with Gasteiger partial charge in [-0.2, -0.15) is 0 Å². The summed E-state index contributed by atoms with van der Waals surface area (Å²) in [7, 11) is 1.58. The molecule has 0 unspecified atom stereocenters. The maximum atomic E-state index is 13.1. The van der Waals surface area contributed by atoms with Crippen LogP contribution in [0.25, 0.3) is 6.08 Å². The number of imide groups is 1. The molecule has 0 saturated carbocycles. The summed E-state index contributed by atoms with van der Waals surface area (Å²) in [5.74, 6) is 0.500. The molecule has 2 aromatic rings. The van der Waals surface area contributed by atoms with Crippen molar-refractivity contribution in [1.29, 1.82) is 0 Å². The van der Waals surface area contributed by atoms with Crippen LogP contribution in [0, 0.1) is 9.39 Å². The zero-order valence-electron chi connectivity index (χ0n) is 17.7. The van der Waals surface area contributed by atoms with Crippen molar-refractivity contribution in [3.63, 3.8) is 0 Å². The number of methoxy groups -OCH3 is 1. The summed E-state index contributed by atoms with van der Waals surface area (Å²) >= 11 is 3.07. The van der Waals surface area contributed by atoms with Crippen LogP contribution in [0.3, 0.4) is 0 Å². The first-order valence-electron chi connectivity index (χ1n) is 10.0. The number of halogens is 2. The number of carbonyl (C=O) groups excluding carboxylic acids is 2. The number of hydrogen-bond donors (Lipinski definition) is 0. The lowest BCUT2D eigenvalue weighted by Crippen LogP contribution is -2.29. The van der Waals surface area contributed by atoms with Gasteiger partial charge in [-0.05, 0) is 89.2 Å². The first-order chi connectivity index (χ1) is 15.4. The van der Waals surface area contributed by atoms with Crippen LogP contribution >= 0.6 is 34.4 Å². The van der Waals surface area contributed by atoms with Gasteiger partial charge in [0.2, 0.25) is 0 Å². The molecule has 3 rings (SSSR count). The van der Waals surface area contributed by atoms with E-state index < -0.39 is 0 Å². The quantitative estimate of drug-likeness (QED) is 0.214. The van der Waals surface area contributed by atoms with Gasteiger partial charge in [0.05, 0.1) is 15.1 Å². The Balaban J connectivity index is 1.80. The number of amides is 2. The van der Waals surface area contributed by atoms with E-state index in [1.54, 1.807) is 31.4 Å². The van der Waals surface area contributed by atoms with Crippen molar-refractivity contribution < 1.29 is 28.2 Å². The van der Waals surface area contributed by atoms with Crippen molar-refractivity contribution in [2.75, 3.05) is 26.9 Å². The van der Waals surface area contributed by atoms with E-state index in [1.807, 2.05) is 13.0 Å². The van der Waals surface area contributed by atoms with Crippen molar-refractivity contribution in [3.8, 4) is 11.5 Å². The van der Waals surface area contributed by atoms with E-state index >= 15 is 0 Å². The molecule has 1 fully saturated rings. The minimum Gasteiger partial charge on any atom is -0.490 e. The van der Waals surface area contributed by atoms with Crippen molar-refractivity contribution in [2.45, 2.75) is 20.0 Å². The number of nitrogens with zero attached hydrogens (tertiary/aromatic N) is 1. The molecule has 2 aromatic carbocycles. The maximum absolute atomic E-state index is 13.1. The van der Waals surface area contributed by atoms with E-state index in [-0.39, 0.29) is 23.6 Å². The van der Waals surface area contributed by atoms with Crippen LogP contribution in [0.1, 0.15) is 24.5 Å². The van der Waals surface area contributed by atoms with Gasteiger partial charge in [-0.3, -0.25) is 14.5 Å². The van der Waals surface area contributed by atoms with Gasteiger partial charge in [-0.25, -0.2) is 4.39 Å². The second-order valence-corrected chi connectivity index (χ2v) is 9.01. The van der Waals surface area contributed by atoms with Crippen molar-refractivity contribution in [1.82, 2.24) is 4.90 Å². The zero-order valence-corrected chi connectivity index (χ0v) is 20.7. The molecule has 1 heterocycles. The Bertz CT molecular complexity index is 1010. The van der Waals surface area contributed by atoms with Crippen LogP contribution in [0.4, 0.5) is 9.18 Å². The van der Waals surface area contributed by atoms with Crippen LogP contribution in [-0.4, -0.2) is 42.9 Å². The molecule has 0 bridgehead atoms. The molecule has 0 aromatic heterocycles. The minimum absolute atomic E-state index is 0.260. The Hall–Kier alpha value is -2.11.